The van der Waals surface area contributed by atoms with Gasteiger partial charge in [0.2, 0.25) is 0 Å². The summed E-state index contributed by atoms with van der Waals surface area (Å²) in [6.07, 6.45) is -0.102. The number of aliphatic carboxylic acids is 1. The summed E-state index contributed by atoms with van der Waals surface area (Å²) in [5, 5.41) is 9.21. The van der Waals surface area contributed by atoms with E-state index in [1.807, 2.05) is 0 Å². The topological polar surface area (TPSA) is 79.1 Å². The van der Waals surface area contributed by atoms with E-state index in [0.29, 0.717) is 10.9 Å². The lowest BCUT2D eigenvalue weighted by atomic mass is 10.1. The maximum Gasteiger partial charge on any atom is 0.320 e. The van der Waals surface area contributed by atoms with E-state index in [4.69, 9.17) is 16.3 Å². The average Bonchev–Trinajstić information content (AvgIpc) is 2.64. The highest BCUT2D eigenvalue weighted by molar-refractivity contribution is 5.84. The van der Waals surface area contributed by atoms with Crippen LogP contribution in [-0.2, 0) is 11.2 Å². The molecule has 1 atom stereocenters. The van der Waals surface area contributed by atoms with Gasteiger partial charge < -0.3 is 15.8 Å². The minimum atomic E-state index is -1.18. The number of aromatic amines is 1. The highest BCUT2D eigenvalue weighted by Crippen LogP contribution is 2.18. The number of para-hydroxylation sites is 1. The Morgan fingerprint density at radius 1 is 1.67 bits per heavy atom. The number of rotatable bonds is 3. The molecule has 78 valence electrons. The van der Waals surface area contributed by atoms with Gasteiger partial charge in [-0.2, -0.15) is 0 Å². The molecule has 0 saturated heterocycles. The molecule has 0 saturated carbocycles. The SMILES string of the molecule is [2H]c1cc2c(CC(N)C(=O)O)c([2H])[nH]c2c([2H])c1[2H]. The molecule has 4 heteroatoms. The van der Waals surface area contributed by atoms with Crippen LogP contribution in [0.1, 0.15) is 11.0 Å². The van der Waals surface area contributed by atoms with Crippen molar-refractivity contribution in [2.45, 2.75) is 12.5 Å². The molecule has 1 unspecified atom stereocenters. The van der Waals surface area contributed by atoms with Crippen LogP contribution in [0.2, 0.25) is 0 Å². The van der Waals surface area contributed by atoms with E-state index in [-0.39, 0.29) is 36.2 Å². The Balaban J connectivity index is 2.62. The van der Waals surface area contributed by atoms with Gasteiger partial charge in [0.05, 0.1) is 5.48 Å². The third-order valence-electron chi connectivity index (χ3n) is 2.15. The van der Waals surface area contributed by atoms with Gasteiger partial charge in [0.1, 0.15) is 6.04 Å². The summed E-state index contributed by atoms with van der Waals surface area (Å²) in [5.41, 5.74) is 6.06. The van der Waals surface area contributed by atoms with Crippen molar-refractivity contribution in [3.63, 3.8) is 0 Å². The molecule has 0 bridgehead atoms. The van der Waals surface area contributed by atoms with E-state index in [2.05, 4.69) is 4.98 Å². The van der Waals surface area contributed by atoms with Gasteiger partial charge in [-0.1, -0.05) is 18.2 Å². The van der Waals surface area contributed by atoms with Crippen molar-refractivity contribution in [1.29, 1.82) is 0 Å². The van der Waals surface area contributed by atoms with Gasteiger partial charge in [-0.25, -0.2) is 0 Å². The summed E-state index contributed by atoms with van der Waals surface area (Å²) in [6, 6.07) is -0.341. The third kappa shape index (κ3) is 1.85. The maximum absolute atomic E-state index is 10.8. The molecule has 1 heterocycles. The van der Waals surface area contributed by atoms with Gasteiger partial charge in [-0.05, 0) is 11.6 Å². The van der Waals surface area contributed by atoms with Crippen LogP contribution in [0.3, 0.4) is 0 Å². The van der Waals surface area contributed by atoms with Crippen molar-refractivity contribution < 1.29 is 15.4 Å². The molecule has 0 aliphatic heterocycles. The van der Waals surface area contributed by atoms with Crippen molar-refractivity contribution in [1.82, 2.24) is 4.98 Å². The van der Waals surface area contributed by atoms with Gasteiger partial charge in [0.25, 0.3) is 0 Å². The highest BCUT2D eigenvalue weighted by atomic mass is 16.4. The number of nitrogens with one attached hydrogen (secondary N) is 1. The second kappa shape index (κ2) is 3.74. The number of H-pyrrole nitrogens is 1. The third-order valence-corrected chi connectivity index (χ3v) is 2.15. The zero-order valence-corrected chi connectivity index (χ0v) is 7.79. The summed E-state index contributed by atoms with van der Waals surface area (Å²) < 4.78 is 30.6. The van der Waals surface area contributed by atoms with Gasteiger partial charge in [-0.3, -0.25) is 4.79 Å². The van der Waals surface area contributed by atoms with Crippen LogP contribution >= 0.6 is 0 Å². The molecule has 0 aliphatic carbocycles. The summed E-state index contributed by atoms with van der Waals surface area (Å²) in [4.78, 5) is 13.4. The van der Waals surface area contributed by atoms with Crippen LogP contribution in [0.25, 0.3) is 10.9 Å². The molecule has 1 aromatic heterocycles. The summed E-state index contributed by atoms with van der Waals surface area (Å²) in [6.45, 7) is 0. The first-order valence-electron chi connectivity index (χ1n) is 6.39. The Morgan fingerprint density at radius 3 is 3.20 bits per heavy atom. The van der Waals surface area contributed by atoms with Gasteiger partial charge in [-0.15, -0.1) is 0 Å². The number of nitrogens with two attached hydrogens (primary N) is 1. The van der Waals surface area contributed by atoms with Crippen LogP contribution in [0, 0.1) is 0 Å². The van der Waals surface area contributed by atoms with Gasteiger partial charge >= 0.3 is 5.97 Å². The lowest BCUT2D eigenvalue weighted by Gasteiger charge is -2.04. The number of carbonyl (C=O) groups is 1. The van der Waals surface area contributed by atoms with Gasteiger partial charge in [0.15, 0.2) is 0 Å². The Labute approximate surface area is 92.3 Å². The molecule has 0 amide bonds. The molecule has 4 N–H and O–H groups in total. The molecule has 2 aromatic rings. The first kappa shape index (κ1) is 5.92. The summed E-state index contributed by atoms with van der Waals surface area (Å²) >= 11 is 0. The molecule has 4 nitrogen and oxygen atoms in total. The number of fused-ring (bicyclic) bond motifs is 1. The highest BCUT2D eigenvalue weighted by Gasteiger charge is 2.14. The Kier molecular flexibility index (Phi) is 1.48. The molecular formula is C11H12N2O2. The van der Waals surface area contributed by atoms with E-state index < -0.39 is 12.0 Å². The summed E-state index contributed by atoms with van der Waals surface area (Å²) in [7, 11) is 0. The number of hydrogen-bond donors (Lipinski definition) is 3. The van der Waals surface area contributed by atoms with Crippen LogP contribution in [0.5, 0.6) is 0 Å². The summed E-state index contributed by atoms with van der Waals surface area (Å²) in [5.74, 6) is -1.18. The zero-order chi connectivity index (χ0) is 14.3. The molecule has 1 aromatic carbocycles. The lowest BCUT2D eigenvalue weighted by Crippen LogP contribution is -2.32. The van der Waals surface area contributed by atoms with E-state index in [1.54, 1.807) is 0 Å². The van der Waals surface area contributed by atoms with E-state index >= 15 is 0 Å². The molecular weight excluding hydrogens is 192 g/mol. The van der Waals surface area contributed by atoms with Crippen molar-refractivity contribution in [2.75, 3.05) is 0 Å². The molecule has 2 rings (SSSR count). The Morgan fingerprint density at radius 2 is 2.47 bits per heavy atom. The zero-order valence-electron chi connectivity index (χ0n) is 11.8. The molecule has 0 radical (unpaired) electrons. The minimum absolute atomic E-state index is 0.0369. The first-order valence-corrected chi connectivity index (χ1v) is 4.39. The van der Waals surface area contributed by atoms with E-state index in [0.717, 1.165) is 0 Å². The number of carboxylic acid groups (broad SMARTS) is 1. The molecule has 0 fully saturated rings. The monoisotopic (exact) mass is 208 g/mol. The number of aromatic nitrogens is 1. The minimum Gasteiger partial charge on any atom is -0.480 e. The second-order valence-electron chi connectivity index (χ2n) is 3.20. The fourth-order valence-electron chi connectivity index (χ4n) is 1.36. The number of carboxylic acids is 1. The van der Waals surface area contributed by atoms with Crippen molar-refractivity contribution in [2.24, 2.45) is 5.73 Å². The number of benzene rings is 1. The molecule has 0 aliphatic rings. The van der Waals surface area contributed by atoms with Crippen molar-refractivity contribution in [3.8, 4) is 0 Å². The molecule has 15 heavy (non-hydrogen) atoms. The molecule has 0 spiro atoms. The van der Waals surface area contributed by atoms with E-state index in [1.165, 1.54) is 6.07 Å². The van der Waals surface area contributed by atoms with Crippen LogP contribution in [0.15, 0.2) is 30.4 Å². The largest absolute Gasteiger partial charge is 0.480 e. The standard InChI is InChI=1S/C11H12N2O2/c12-9(11(14)15)5-7-6-13-10-4-2-1-3-8(7)10/h1-4,6,9,13H,5,12H2,(H,14,15)/i1D,2D,4D,6D. The fraction of sp³-hybridized carbons (Fsp3) is 0.182. The van der Waals surface area contributed by atoms with Crippen LogP contribution < -0.4 is 5.73 Å². The Hall–Kier alpha value is -1.81. The fourth-order valence-corrected chi connectivity index (χ4v) is 1.36. The predicted octanol–water partition coefficient (Wildman–Crippen LogP) is 1.12. The smallest absolute Gasteiger partial charge is 0.320 e. The first-order chi connectivity index (χ1) is 8.82. The van der Waals surface area contributed by atoms with Crippen molar-refractivity contribution >= 4 is 16.9 Å². The number of hydrogen-bond acceptors (Lipinski definition) is 2. The van der Waals surface area contributed by atoms with Crippen LogP contribution in [-0.4, -0.2) is 22.1 Å². The maximum atomic E-state index is 10.8. The quantitative estimate of drug-likeness (QED) is 0.707. The van der Waals surface area contributed by atoms with Crippen molar-refractivity contribution in [3.05, 3.63) is 35.9 Å². The predicted molar refractivity (Wildman–Crippen MR) is 57.6 cm³/mol. The second-order valence-corrected chi connectivity index (χ2v) is 3.20. The van der Waals surface area contributed by atoms with Crippen LogP contribution in [0.4, 0.5) is 0 Å². The average molecular weight is 208 g/mol. The Bertz CT molecular complexity index is 668. The normalized spacial score (nSPS) is 16.6. The van der Waals surface area contributed by atoms with E-state index in [9.17, 15) is 4.79 Å². The lowest BCUT2D eigenvalue weighted by molar-refractivity contribution is -0.138. The van der Waals surface area contributed by atoms with Gasteiger partial charge in [0, 0.05) is 23.5 Å².